The number of fused-ring (bicyclic) bond motifs is 1. The molecule has 0 atom stereocenters. The molecule has 1 N–H and O–H groups in total. The van der Waals surface area contributed by atoms with Crippen LogP contribution < -0.4 is 15.0 Å². The third-order valence-corrected chi connectivity index (χ3v) is 6.07. The molecule has 2 heterocycles. The highest BCUT2D eigenvalue weighted by atomic mass is 32.1. The maximum Gasteiger partial charge on any atom is 0.258 e. The van der Waals surface area contributed by atoms with Crippen LogP contribution >= 0.6 is 11.3 Å². The molecule has 1 saturated carbocycles. The topological polar surface area (TPSA) is 71.5 Å². The number of rotatable bonds is 4. The van der Waals surface area contributed by atoms with Gasteiger partial charge in [-0.05, 0) is 50.1 Å². The summed E-state index contributed by atoms with van der Waals surface area (Å²) in [5, 5.41) is 5.41. The van der Waals surface area contributed by atoms with Crippen molar-refractivity contribution in [3.8, 4) is 17.0 Å². The number of aryl methyl sites for hydroxylation is 1. The van der Waals surface area contributed by atoms with Crippen LogP contribution in [0.25, 0.3) is 11.3 Å². The van der Waals surface area contributed by atoms with Gasteiger partial charge in [0.2, 0.25) is 5.91 Å². The van der Waals surface area contributed by atoms with Crippen LogP contribution in [0.4, 0.5) is 10.8 Å². The van der Waals surface area contributed by atoms with E-state index in [0.717, 1.165) is 35.3 Å². The zero-order valence-corrected chi connectivity index (χ0v) is 17.4. The van der Waals surface area contributed by atoms with Gasteiger partial charge in [-0.25, -0.2) is 4.98 Å². The first kappa shape index (κ1) is 18.8. The monoisotopic (exact) mass is 419 g/mol. The second-order valence-corrected chi connectivity index (χ2v) is 8.52. The van der Waals surface area contributed by atoms with Gasteiger partial charge in [-0.2, -0.15) is 0 Å². The number of hydrogen-bond donors (Lipinski definition) is 1. The lowest BCUT2D eigenvalue weighted by Gasteiger charge is -2.30. The van der Waals surface area contributed by atoms with E-state index in [0.29, 0.717) is 29.6 Å². The van der Waals surface area contributed by atoms with Crippen molar-refractivity contribution in [3.63, 3.8) is 0 Å². The molecule has 1 aliphatic carbocycles. The molecule has 0 spiro atoms. The minimum atomic E-state index is -0.0453. The molecule has 152 valence electrons. The number of hydrogen-bond acceptors (Lipinski definition) is 5. The first-order valence-electron chi connectivity index (χ1n) is 10.0. The Kier molecular flexibility index (Phi) is 4.75. The van der Waals surface area contributed by atoms with Gasteiger partial charge in [-0.1, -0.05) is 17.7 Å². The number of carbonyl (C=O) groups excluding carboxylic acids is 2. The standard InChI is InChI=1S/C23H21N3O3S/c1-14-3-2-4-17(11-14)22(28)26-9-10-29-20-8-7-16(12-19(20)26)18-13-30-23(24-18)25-21(27)15-5-6-15/h2-4,7-8,11-13,15H,5-6,9-10H2,1H3,(H,24,25,27). The highest BCUT2D eigenvalue weighted by Crippen LogP contribution is 2.37. The Morgan fingerprint density at radius 2 is 2.07 bits per heavy atom. The lowest BCUT2D eigenvalue weighted by molar-refractivity contribution is -0.117. The molecule has 2 aliphatic rings. The van der Waals surface area contributed by atoms with Crippen LogP contribution in [-0.4, -0.2) is 29.9 Å². The summed E-state index contributed by atoms with van der Waals surface area (Å²) in [5.74, 6) is 0.823. The summed E-state index contributed by atoms with van der Waals surface area (Å²) in [6.45, 7) is 2.92. The number of anilines is 2. The summed E-state index contributed by atoms with van der Waals surface area (Å²) in [7, 11) is 0. The zero-order valence-electron chi connectivity index (χ0n) is 16.6. The summed E-state index contributed by atoms with van der Waals surface area (Å²) in [5.41, 5.74) is 4.09. The smallest absolute Gasteiger partial charge is 0.258 e. The van der Waals surface area contributed by atoms with Crippen molar-refractivity contribution >= 4 is 34.0 Å². The molecular weight excluding hydrogens is 398 g/mol. The van der Waals surface area contributed by atoms with Crippen LogP contribution in [0.15, 0.2) is 47.8 Å². The predicted octanol–water partition coefficient (Wildman–Crippen LogP) is 4.51. The Bertz CT molecular complexity index is 1140. The van der Waals surface area contributed by atoms with Crippen molar-refractivity contribution in [1.29, 1.82) is 0 Å². The third kappa shape index (κ3) is 3.68. The molecule has 0 bridgehead atoms. The van der Waals surface area contributed by atoms with E-state index in [-0.39, 0.29) is 17.7 Å². The number of aromatic nitrogens is 1. The van der Waals surface area contributed by atoms with Gasteiger partial charge in [0.15, 0.2) is 5.13 Å². The van der Waals surface area contributed by atoms with E-state index in [4.69, 9.17) is 4.74 Å². The molecule has 30 heavy (non-hydrogen) atoms. The van der Waals surface area contributed by atoms with Crippen molar-refractivity contribution in [1.82, 2.24) is 4.98 Å². The molecule has 1 aliphatic heterocycles. The quantitative estimate of drug-likeness (QED) is 0.676. The van der Waals surface area contributed by atoms with Crippen molar-refractivity contribution < 1.29 is 14.3 Å². The Balaban J connectivity index is 1.43. The number of ether oxygens (including phenoxy) is 1. The molecule has 3 aromatic rings. The van der Waals surface area contributed by atoms with Crippen molar-refractivity contribution in [2.24, 2.45) is 5.92 Å². The van der Waals surface area contributed by atoms with E-state index >= 15 is 0 Å². The van der Waals surface area contributed by atoms with Crippen LogP contribution in [0.2, 0.25) is 0 Å². The molecule has 2 amide bonds. The molecule has 0 radical (unpaired) electrons. The highest BCUT2D eigenvalue weighted by Gasteiger charge is 2.30. The molecular formula is C23H21N3O3S. The van der Waals surface area contributed by atoms with Crippen molar-refractivity contribution in [3.05, 3.63) is 59.0 Å². The van der Waals surface area contributed by atoms with E-state index in [9.17, 15) is 9.59 Å². The maximum absolute atomic E-state index is 13.2. The van der Waals surface area contributed by atoms with Crippen molar-refractivity contribution in [2.75, 3.05) is 23.4 Å². The molecule has 2 aromatic carbocycles. The fourth-order valence-corrected chi connectivity index (χ4v) is 4.26. The average molecular weight is 420 g/mol. The fourth-order valence-electron chi connectivity index (χ4n) is 3.54. The molecule has 0 unspecified atom stereocenters. The van der Waals surface area contributed by atoms with Crippen LogP contribution in [0.5, 0.6) is 5.75 Å². The van der Waals surface area contributed by atoms with Gasteiger partial charge in [0.05, 0.1) is 17.9 Å². The maximum atomic E-state index is 13.2. The van der Waals surface area contributed by atoms with Crippen LogP contribution in [0.1, 0.15) is 28.8 Å². The minimum absolute atomic E-state index is 0.0453. The van der Waals surface area contributed by atoms with Gasteiger partial charge in [-0.3, -0.25) is 9.59 Å². The molecule has 7 heteroatoms. The molecule has 6 nitrogen and oxygen atoms in total. The predicted molar refractivity (Wildman–Crippen MR) is 117 cm³/mol. The summed E-state index contributed by atoms with van der Waals surface area (Å²) in [6, 6.07) is 13.4. The van der Waals surface area contributed by atoms with E-state index in [1.165, 1.54) is 11.3 Å². The van der Waals surface area contributed by atoms with E-state index in [2.05, 4.69) is 10.3 Å². The summed E-state index contributed by atoms with van der Waals surface area (Å²) >= 11 is 1.41. The van der Waals surface area contributed by atoms with Gasteiger partial charge in [0, 0.05) is 22.4 Å². The van der Waals surface area contributed by atoms with Crippen molar-refractivity contribution in [2.45, 2.75) is 19.8 Å². The summed E-state index contributed by atoms with van der Waals surface area (Å²) < 4.78 is 5.78. The summed E-state index contributed by atoms with van der Waals surface area (Å²) in [6.07, 6.45) is 1.92. The van der Waals surface area contributed by atoms with Crippen LogP contribution in [0.3, 0.4) is 0 Å². The highest BCUT2D eigenvalue weighted by molar-refractivity contribution is 7.14. The molecule has 1 aromatic heterocycles. The van der Waals surface area contributed by atoms with Crippen LogP contribution in [-0.2, 0) is 4.79 Å². The van der Waals surface area contributed by atoms with E-state index < -0.39 is 0 Å². The second kappa shape index (κ2) is 7.57. The molecule has 5 rings (SSSR count). The Morgan fingerprint density at radius 3 is 2.87 bits per heavy atom. The lowest BCUT2D eigenvalue weighted by Crippen LogP contribution is -2.38. The first-order valence-corrected chi connectivity index (χ1v) is 10.9. The van der Waals surface area contributed by atoms with Gasteiger partial charge in [0.25, 0.3) is 5.91 Å². The average Bonchev–Trinajstić information content (AvgIpc) is 3.52. The number of amides is 2. The number of carbonyl (C=O) groups is 2. The normalized spacial score (nSPS) is 15.3. The van der Waals surface area contributed by atoms with Gasteiger partial charge < -0.3 is 15.0 Å². The Hall–Kier alpha value is -3.19. The minimum Gasteiger partial charge on any atom is -0.490 e. The molecule has 0 saturated heterocycles. The number of nitrogens with one attached hydrogen (secondary N) is 1. The van der Waals surface area contributed by atoms with E-state index in [1.54, 1.807) is 4.90 Å². The van der Waals surface area contributed by atoms with Gasteiger partial charge in [-0.15, -0.1) is 11.3 Å². The fraction of sp³-hybridized carbons (Fsp3) is 0.261. The second-order valence-electron chi connectivity index (χ2n) is 7.66. The molecule has 1 fully saturated rings. The largest absolute Gasteiger partial charge is 0.490 e. The Morgan fingerprint density at radius 1 is 1.20 bits per heavy atom. The third-order valence-electron chi connectivity index (χ3n) is 5.31. The lowest BCUT2D eigenvalue weighted by atomic mass is 10.1. The van der Waals surface area contributed by atoms with Gasteiger partial charge in [0.1, 0.15) is 12.4 Å². The van der Waals surface area contributed by atoms with Gasteiger partial charge >= 0.3 is 0 Å². The van der Waals surface area contributed by atoms with E-state index in [1.807, 2.05) is 54.8 Å². The SMILES string of the molecule is Cc1cccc(C(=O)N2CCOc3ccc(-c4csc(NC(=O)C5CC5)n4)cc32)c1. The number of nitrogens with zero attached hydrogens (tertiary/aromatic N) is 2. The Labute approximate surface area is 178 Å². The van der Waals surface area contributed by atoms with Crippen LogP contribution in [0, 0.1) is 12.8 Å². The number of thiazole rings is 1. The zero-order chi connectivity index (χ0) is 20.7. The summed E-state index contributed by atoms with van der Waals surface area (Å²) in [4.78, 5) is 31.5. The first-order chi connectivity index (χ1) is 14.6. The number of benzene rings is 2.